The molecule has 2 heteroatoms. The molecule has 0 aliphatic carbocycles. The third-order valence-electron chi connectivity index (χ3n) is 3.81. The van der Waals surface area contributed by atoms with Crippen LogP contribution >= 0.6 is 0 Å². The van der Waals surface area contributed by atoms with Crippen LogP contribution in [-0.4, -0.2) is 37.1 Å². The molecular weight excluding hydrogens is 232 g/mol. The minimum absolute atomic E-state index is 0.582. The van der Waals surface area contributed by atoms with Gasteiger partial charge < -0.3 is 5.32 Å². The summed E-state index contributed by atoms with van der Waals surface area (Å²) in [7, 11) is 0. The Balaban J connectivity index is 2.36. The smallest absolute Gasteiger partial charge is 0.0253 e. The zero-order valence-corrected chi connectivity index (χ0v) is 13.1. The van der Waals surface area contributed by atoms with Gasteiger partial charge in [0.05, 0.1) is 0 Å². The molecule has 0 aromatic rings. The highest BCUT2D eigenvalue weighted by Gasteiger charge is 2.15. The fourth-order valence-corrected chi connectivity index (χ4v) is 2.53. The topological polar surface area (TPSA) is 15.3 Å². The van der Waals surface area contributed by atoms with Crippen LogP contribution in [-0.2, 0) is 0 Å². The summed E-state index contributed by atoms with van der Waals surface area (Å²) < 4.78 is 0. The van der Waals surface area contributed by atoms with Gasteiger partial charge in [-0.25, -0.2) is 0 Å². The molecule has 1 fully saturated rings. The lowest BCUT2D eigenvalue weighted by atomic mass is 10.1. The molecule has 1 aliphatic rings. The second kappa shape index (κ2) is 10.2. The number of rotatable bonds is 9. The Morgan fingerprint density at radius 2 is 2.00 bits per heavy atom. The lowest BCUT2D eigenvalue weighted by molar-refractivity contribution is 0.300. The van der Waals surface area contributed by atoms with Crippen LogP contribution in [0.25, 0.3) is 0 Å². The van der Waals surface area contributed by atoms with Crippen LogP contribution in [0.3, 0.4) is 0 Å². The molecule has 1 N–H and O–H groups in total. The number of nitrogens with zero attached hydrogens (tertiary/aromatic N) is 1. The summed E-state index contributed by atoms with van der Waals surface area (Å²) in [6.45, 7) is 11.5. The molecule has 0 bridgehead atoms. The van der Waals surface area contributed by atoms with Gasteiger partial charge >= 0.3 is 0 Å². The zero-order valence-electron chi connectivity index (χ0n) is 13.1. The summed E-state index contributed by atoms with van der Waals surface area (Å²) in [6, 6.07) is 0.582. The molecule has 0 spiro atoms. The van der Waals surface area contributed by atoms with Crippen molar-refractivity contribution < 1.29 is 0 Å². The van der Waals surface area contributed by atoms with Crippen molar-refractivity contribution in [1.82, 2.24) is 10.2 Å². The fourth-order valence-electron chi connectivity index (χ4n) is 2.53. The molecule has 1 aliphatic heterocycles. The molecular formula is C17H32N2. The third-order valence-corrected chi connectivity index (χ3v) is 3.81. The van der Waals surface area contributed by atoms with E-state index in [-0.39, 0.29) is 0 Å². The fraction of sp³-hybridized carbons (Fsp3) is 0.765. The number of allylic oxidation sites excluding steroid dienone is 1. The van der Waals surface area contributed by atoms with Crippen LogP contribution in [0.1, 0.15) is 52.9 Å². The maximum atomic E-state index is 3.53. The quantitative estimate of drug-likeness (QED) is 0.504. The van der Waals surface area contributed by atoms with Crippen LogP contribution in [0.4, 0.5) is 0 Å². The second-order valence-electron chi connectivity index (χ2n) is 5.56. The summed E-state index contributed by atoms with van der Waals surface area (Å²) in [4.78, 5) is 2.57. The van der Waals surface area contributed by atoms with E-state index in [1.165, 1.54) is 44.3 Å². The van der Waals surface area contributed by atoms with Crippen LogP contribution in [0.15, 0.2) is 23.8 Å². The highest BCUT2D eigenvalue weighted by molar-refractivity contribution is 5.21. The van der Waals surface area contributed by atoms with Gasteiger partial charge in [0.15, 0.2) is 0 Å². The molecule has 0 saturated carbocycles. The van der Waals surface area contributed by atoms with E-state index in [4.69, 9.17) is 0 Å². The van der Waals surface area contributed by atoms with Crippen LogP contribution in [0.2, 0.25) is 0 Å². The van der Waals surface area contributed by atoms with E-state index in [1.807, 2.05) is 0 Å². The average Bonchev–Trinajstić information content (AvgIpc) is 2.94. The highest BCUT2D eigenvalue weighted by atomic mass is 15.2. The first-order valence-electron chi connectivity index (χ1n) is 8.10. The van der Waals surface area contributed by atoms with E-state index < -0.39 is 0 Å². The predicted octanol–water partition coefficient (Wildman–Crippen LogP) is 3.75. The van der Waals surface area contributed by atoms with Gasteiger partial charge in [0.1, 0.15) is 0 Å². The van der Waals surface area contributed by atoms with E-state index in [0.717, 1.165) is 19.5 Å². The summed E-state index contributed by atoms with van der Waals surface area (Å²) in [5.41, 5.74) is 1.43. The molecule has 2 nitrogen and oxygen atoms in total. The lowest BCUT2D eigenvalue weighted by Gasteiger charge is -2.20. The van der Waals surface area contributed by atoms with Gasteiger partial charge in [-0.15, -0.1) is 0 Å². The molecule has 1 unspecified atom stereocenters. The number of unbranched alkanes of at least 4 members (excludes halogenated alkanes) is 1. The largest absolute Gasteiger partial charge is 0.313 e. The van der Waals surface area contributed by atoms with Gasteiger partial charge in [-0.1, -0.05) is 38.5 Å². The molecule has 1 rings (SSSR count). The molecule has 0 aromatic heterocycles. The highest BCUT2D eigenvalue weighted by Crippen LogP contribution is 2.13. The van der Waals surface area contributed by atoms with E-state index in [9.17, 15) is 0 Å². The molecule has 19 heavy (non-hydrogen) atoms. The van der Waals surface area contributed by atoms with Gasteiger partial charge in [0.2, 0.25) is 0 Å². The molecule has 0 amide bonds. The standard InChI is InChI=1S/C17H32N2/c1-4-6-12-18-15-17(9-5-2)11-10-16(3)19-13-7-8-14-19/h9-11,16,18H,4-8,12-15H2,1-3H3/b11-10-,17-9+. The molecule has 0 radical (unpaired) electrons. The maximum absolute atomic E-state index is 3.53. The van der Waals surface area contributed by atoms with Crippen molar-refractivity contribution in [3.63, 3.8) is 0 Å². The number of hydrogen-bond acceptors (Lipinski definition) is 2. The monoisotopic (exact) mass is 264 g/mol. The van der Waals surface area contributed by atoms with Crippen LogP contribution < -0.4 is 5.32 Å². The van der Waals surface area contributed by atoms with Crippen LogP contribution in [0, 0.1) is 0 Å². The summed E-state index contributed by atoms with van der Waals surface area (Å²) >= 11 is 0. The first-order chi connectivity index (χ1) is 9.27. The Bertz CT molecular complexity index is 275. The normalized spacial score (nSPS) is 19.4. The minimum Gasteiger partial charge on any atom is -0.313 e. The maximum Gasteiger partial charge on any atom is 0.0253 e. The van der Waals surface area contributed by atoms with Crippen molar-refractivity contribution in [2.45, 2.75) is 58.9 Å². The first-order valence-corrected chi connectivity index (χ1v) is 8.10. The Kier molecular flexibility index (Phi) is 8.85. The average molecular weight is 264 g/mol. The van der Waals surface area contributed by atoms with Crippen LogP contribution in [0.5, 0.6) is 0 Å². The molecule has 0 aromatic carbocycles. The Morgan fingerprint density at radius 1 is 1.26 bits per heavy atom. The van der Waals surface area contributed by atoms with Gasteiger partial charge in [-0.05, 0) is 57.8 Å². The SMILES string of the molecule is CC/C=C(\C=C/C(C)N1CCCC1)CNCCCC. The van der Waals surface area contributed by atoms with Gasteiger partial charge in [0.25, 0.3) is 0 Å². The van der Waals surface area contributed by atoms with Crippen molar-refractivity contribution in [2.75, 3.05) is 26.2 Å². The van der Waals surface area contributed by atoms with Crippen molar-refractivity contribution >= 4 is 0 Å². The summed E-state index contributed by atoms with van der Waals surface area (Å²) in [5.74, 6) is 0. The zero-order chi connectivity index (χ0) is 13.9. The van der Waals surface area contributed by atoms with E-state index in [1.54, 1.807) is 0 Å². The number of hydrogen-bond donors (Lipinski definition) is 1. The Hall–Kier alpha value is -0.600. The molecule has 1 saturated heterocycles. The summed E-state index contributed by atoms with van der Waals surface area (Å²) in [6.07, 6.45) is 13.4. The van der Waals surface area contributed by atoms with Crippen molar-refractivity contribution in [2.24, 2.45) is 0 Å². The minimum atomic E-state index is 0.582. The first kappa shape index (κ1) is 16.5. The molecule has 1 atom stereocenters. The Labute approximate surface area is 120 Å². The predicted molar refractivity (Wildman–Crippen MR) is 85.6 cm³/mol. The van der Waals surface area contributed by atoms with E-state index >= 15 is 0 Å². The second-order valence-corrected chi connectivity index (χ2v) is 5.56. The molecule has 110 valence electrons. The van der Waals surface area contributed by atoms with E-state index in [0.29, 0.717) is 6.04 Å². The van der Waals surface area contributed by atoms with E-state index in [2.05, 4.69) is 49.2 Å². The van der Waals surface area contributed by atoms with Gasteiger partial charge in [0, 0.05) is 12.6 Å². The van der Waals surface area contributed by atoms with Gasteiger partial charge in [-0.2, -0.15) is 0 Å². The van der Waals surface area contributed by atoms with Crippen molar-refractivity contribution in [3.05, 3.63) is 23.8 Å². The van der Waals surface area contributed by atoms with Crippen molar-refractivity contribution in [1.29, 1.82) is 0 Å². The Morgan fingerprint density at radius 3 is 2.63 bits per heavy atom. The number of nitrogens with one attached hydrogen (secondary N) is 1. The molecule has 1 heterocycles. The third kappa shape index (κ3) is 6.93. The van der Waals surface area contributed by atoms with Crippen molar-refractivity contribution in [3.8, 4) is 0 Å². The van der Waals surface area contributed by atoms with Gasteiger partial charge in [-0.3, -0.25) is 4.90 Å². The lowest BCUT2D eigenvalue weighted by Crippen LogP contribution is -2.28. The summed E-state index contributed by atoms with van der Waals surface area (Å²) in [5, 5.41) is 3.53. The number of likely N-dealkylation sites (tertiary alicyclic amines) is 1.